The third-order valence-corrected chi connectivity index (χ3v) is 4.31. The highest BCUT2D eigenvalue weighted by atomic mass is 16.5. The standard InChI is InChI=1S/C20H18N4O3/c1-3-27-18(25)12-17-15-6-4-5-7-16(15)20-22-21-19(24(20)23-17)13-8-10-14(26-2)11-9-13/h4-11H,3,12H2,1-2H3. The third-order valence-electron chi connectivity index (χ3n) is 4.31. The van der Waals surface area contributed by atoms with Gasteiger partial charge in [-0.1, -0.05) is 24.3 Å². The Labute approximate surface area is 155 Å². The summed E-state index contributed by atoms with van der Waals surface area (Å²) in [5, 5.41) is 15.1. The first-order valence-electron chi connectivity index (χ1n) is 8.64. The average molecular weight is 362 g/mol. The third kappa shape index (κ3) is 3.08. The number of hydrogen-bond donors (Lipinski definition) is 0. The lowest BCUT2D eigenvalue weighted by Gasteiger charge is -2.08. The minimum absolute atomic E-state index is 0.0878. The topological polar surface area (TPSA) is 78.6 Å². The van der Waals surface area contributed by atoms with Gasteiger partial charge in [-0.3, -0.25) is 4.79 Å². The SMILES string of the molecule is CCOC(=O)Cc1nn2c(-c3ccc(OC)cc3)nnc2c2ccccc12. The molecule has 27 heavy (non-hydrogen) atoms. The smallest absolute Gasteiger partial charge is 0.311 e. The van der Waals surface area contributed by atoms with Crippen LogP contribution in [-0.2, 0) is 16.0 Å². The Kier molecular flexibility index (Phi) is 4.42. The second-order valence-electron chi connectivity index (χ2n) is 5.96. The summed E-state index contributed by atoms with van der Waals surface area (Å²) in [7, 11) is 1.62. The molecule has 0 N–H and O–H groups in total. The van der Waals surface area contributed by atoms with Crippen LogP contribution in [0.4, 0.5) is 0 Å². The number of carbonyl (C=O) groups is 1. The van der Waals surface area contributed by atoms with Gasteiger partial charge in [0.1, 0.15) is 5.75 Å². The van der Waals surface area contributed by atoms with E-state index in [4.69, 9.17) is 9.47 Å². The highest BCUT2D eigenvalue weighted by Gasteiger charge is 2.17. The molecule has 0 bridgehead atoms. The van der Waals surface area contributed by atoms with Crippen molar-refractivity contribution in [2.45, 2.75) is 13.3 Å². The lowest BCUT2D eigenvalue weighted by atomic mass is 10.1. The molecule has 0 radical (unpaired) electrons. The lowest BCUT2D eigenvalue weighted by Crippen LogP contribution is -2.11. The van der Waals surface area contributed by atoms with E-state index in [1.54, 1.807) is 18.5 Å². The van der Waals surface area contributed by atoms with E-state index in [0.717, 1.165) is 22.1 Å². The van der Waals surface area contributed by atoms with Crippen molar-refractivity contribution in [3.8, 4) is 17.1 Å². The molecule has 4 aromatic rings. The van der Waals surface area contributed by atoms with Crippen molar-refractivity contribution in [2.75, 3.05) is 13.7 Å². The van der Waals surface area contributed by atoms with E-state index >= 15 is 0 Å². The first-order chi connectivity index (χ1) is 13.2. The van der Waals surface area contributed by atoms with E-state index in [1.807, 2.05) is 48.5 Å². The number of benzene rings is 2. The molecule has 136 valence electrons. The number of ether oxygens (including phenoxy) is 2. The predicted octanol–water partition coefficient (Wildman–Crippen LogP) is 3.06. The van der Waals surface area contributed by atoms with Crippen LogP contribution in [0.5, 0.6) is 5.75 Å². The van der Waals surface area contributed by atoms with Crippen molar-refractivity contribution in [1.82, 2.24) is 19.8 Å². The van der Waals surface area contributed by atoms with Crippen LogP contribution in [0.1, 0.15) is 12.6 Å². The van der Waals surface area contributed by atoms with Gasteiger partial charge in [-0.25, -0.2) is 0 Å². The predicted molar refractivity (Wildman–Crippen MR) is 101 cm³/mol. The second-order valence-corrected chi connectivity index (χ2v) is 5.96. The molecule has 0 aliphatic carbocycles. The Balaban J connectivity index is 1.90. The number of rotatable bonds is 5. The summed E-state index contributed by atoms with van der Waals surface area (Å²) in [6, 6.07) is 15.2. The quantitative estimate of drug-likeness (QED) is 0.508. The maximum atomic E-state index is 12.0. The molecule has 7 nitrogen and oxygen atoms in total. The van der Waals surface area contributed by atoms with E-state index in [1.165, 1.54) is 0 Å². The van der Waals surface area contributed by atoms with Crippen molar-refractivity contribution in [1.29, 1.82) is 0 Å². The van der Waals surface area contributed by atoms with Gasteiger partial charge in [0.25, 0.3) is 0 Å². The Hall–Kier alpha value is -3.48. The maximum absolute atomic E-state index is 12.0. The molecule has 0 amide bonds. The summed E-state index contributed by atoms with van der Waals surface area (Å²) in [5.74, 6) is 1.05. The molecule has 0 spiro atoms. The van der Waals surface area contributed by atoms with E-state index < -0.39 is 0 Å². The van der Waals surface area contributed by atoms with Crippen molar-refractivity contribution < 1.29 is 14.3 Å². The van der Waals surface area contributed by atoms with Gasteiger partial charge in [-0.2, -0.15) is 9.61 Å². The molecular weight excluding hydrogens is 344 g/mol. The van der Waals surface area contributed by atoms with Gasteiger partial charge in [0.2, 0.25) is 0 Å². The Morgan fingerprint density at radius 3 is 2.48 bits per heavy atom. The Morgan fingerprint density at radius 2 is 1.78 bits per heavy atom. The molecule has 4 rings (SSSR count). The summed E-state index contributed by atoms with van der Waals surface area (Å²) in [4.78, 5) is 12.0. The number of fused-ring (bicyclic) bond motifs is 3. The molecule has 0 atom stereocenters. The Morgan fingerprint density at radius 1 is 1.04 bits per heavy atom. The lowest BCUT2D eigenvalue weighted by molar-refractivity contribution is -0.142. The first-order valence-corrected chi connectivity index (χ1v) is 8.64. The van der Waals surface area contributed by atoms with Crippen molar-refractivity contribution in [3.05, 3.63) is 54.2 Å². The molecule has 0 saturated carbocycles. The second kappa shape index (κ2) is 7.03. The summed E-state index contributed by atoms with van der Waals surface area (Å²) in [6.07, 6.45) is 0.0878. The molecule has 2 aromatic heterocycles. The van der Waals surface area contributed by atoms with E-state index in [2.05, 4.69) is 15.3 Å². The fourth-order valence-corrected chi connectivity index (χ4v) is 3.05. The summed E-state index contributed by atoms with van der Waals surface area (Å²) in [5.41, 5.74) is 2.13. The number of hydrogen-bond acceptors (Lipinski definition) is 6. The van der Waals surface area contributed by atoms with Crippen LogP contribution in [-0.4, -0.2) is 39.5 Å². The van der Waals surface area contributed by atoms with Gasteiger partial charge in [0.15, 0.2) is 11.5 Å². The van der Waals surface area contributed by atoms with Crippen molar-refractivity contribution >= 4 is 22.4 Å². The zero-order valence-electron chi connectivity index (χ0n) is 15.0. The summed E-state index contributed by atoms with van der Waals surface area (Å²) in [6.45, 7) is 2.12. The number of carbonyl (C=O) groups excluding carboxylic acids is 1. The zero-order chi connectivity index (χ0) is 18.8. The van der Waals surface area contributed by atoms with Crippen LogP contribution in [0, 0.1) is 0 Å². The van der Waals surface area contributed by atoms with Crippen molar-refractivity contribution in [2.24, 2.45) is 0 Å². The fourth-order valence-electron chi connectivity index (χ4n) is 3.05. The number of nitrogens with zero attached hydrogens (tertiary/aromatic N) is 4. The molecule has 0 aliphatic heterocycles. The molecule has 0 fully saturated rings. The minimum Gasteiger partial charge on any atom is -0.497 e. The number of aromatic nitrogens is 4. The van der Waals surface area contributed by atoms with Gasteiger partial charge in [0, 0.05) is 16.3 Å². The number of methoxy groups -OCH3 is 1. The summed E-state index contributed by atoms with van der Waals surface area (Å²) >= 11 is 0. The van der Waals surface area contributed by atoms with Crippen LogP contribution in [0.2, 0.25) is 0 Å². The molecular formula is C20H18N4O3. The molecule has 2 heterocycles. The van der Waals surface area contributed by atoms with Crippen LogP contribution in [0.25, 0.3) is 27.8 Å². The highest BCUT2D eigenvalue weighted by Crippen LogP contribution is 2.26. The minimum atomic E-state index is -0.312. The van der Waals surface area contributed by atoms with E-state index in [-0.39, 0.29) is 12.4 Å². The Bertz CT molecular complexity index is 1120. The van der Waals surface area contributed by atoms with Crippen LogP contribution in [0.15, 0.2) is 48.5 Å². The van der Waals surface area contributed by atoms with Gasteiger partial charge < -0.3 is 9.47 Å². The van der Waals surface area contributed by atoms with Crippen LogP contribution < -0.4 is 4.74 Å². The molecule has 2 aromatic carbocycles. The fraction of sp³-hybridized carbons (Fsp3) is 0.200. The van der Waals surface area contributed by atoms with Crippen LogP contribution in [0.3, 0.4) is 0 Å². The van der Waals surface area contributed by atoms with Gasteiger partial charge in [0.05, 0.1) is 25.8 Å². The van der Waals surface area contributed by atoms with Crippen molar-refractivity contribution in [3.63, 3.8) is 0 Å². The average Bonchev–Trinajstić information content (AvgIpc) is 3.12. The van der Waals surface area contributed by atoms with E-state index in [9.17, 15) is 4.79 Å². The zero-order valence-corrected chi connectivity index (χ0v) is 15.0. The maximum Gasteiger partial charge on any atom is 0.311 e. The van der Waals surface area contributed by atoms with Gasteiger partial charge >= 0.3 is 5.97 Å². The molecule has 0 saturated heterocycles. The van der Waals surface area contributed by atoms with Gasteiger partial charge in [-0.05, 0) is 31.2 Å². The van der Waals surface area contributed by atoms with E-state index in [0.29, 0.717) is 23.8 Å². The number of esters is 1. The molecule has 0 unspecified atom stereocenters. The monoisotopic (exact) mass is 362 g/mol. The largest absolute Gasteiger partial charge is 0.497 e. The highest BCUT2D eigenvalue weighted by molar-refractivity contribution is 5.96. The molecule has 0 aliphatic rings. The first kappa shape index (κ1) is 17.0. The van der Waals surface area contributed by atoms with Crippen LogP contribution >= 0.6 is 0 Å². The van der Waals surface area contributed by atoms with Gasteiger partial charge in [-0.15, -0.1) is 10.2 Å². The summed E-state index contributed by atoms with van der Waals surface area (Å²) < 4.78 is 12.0. The normalized spacial score (nSPS) is 11.0. The molecule has 7 heteroatoms.